The standard InChI is InChI=1S/C14H17F2NO4S/c15-9-1-3-11(16)14(7-9)22(18,19)17-10-2-4-12-13(8-10)21-6-5-20-12/h1,3,7,10,12-13,17H,2,4-6,8H2. The molecule has 0 radical (unpaired) electrons. The Bertz CT molecular complexity index is 652. The van der Waals surface area contributed by atoms with Gasteiger partial charge in [0.05, 0.1) is 25.4 Å². The lowest BCUT2D eigenvalue weighted by Crippen LogP contribution is -2.49. The highest BCUT2D eigenvalue weighted by molar-refractivity contribution is 7.89. The van der Waals surface area contributed by atoms with Gasteiger partial charge in [0.2, 0.25) is 10.0 Å². The molecule has 122 valence electrons. The van der Waals surface area contributed by atoms with Crippen LogP contribution in [0.25, 0.3) is 0 Å². The molecule has 1 saturated heterocycles. The minimum atomic E-state index is -4.11. The van der Waals surface area contributed by atoms with Gasteiger partial charge in [0.1, 0.15) is 16.5 Å². The zero-order valence-corrected chi connectivity index (χ0v) is 12.6. The molecule has 1 N–H and O–H groups in total. The van der Waals surface area contributed by atoms with E-state index in [1.54, 1.807) is 0 Å². The van der Waals surface area contributed by atoms with Crippen LogP contribution in [0.5, 0.6) is 0 Å². The normalized spacial score (nSPS) is 29.1. The van der Waals surface area contributed by atoms with Gasteiger partial charge in [-0.15, -0.1) is 0 Å². The van der Waals surface area contributed by atoms with Gasteiger partial charge >= 0.3 is 0 Å². The molecule has 3 rings (SSSR count). The number of ether oxygens (including phenoxy) is 2. The predicted octanol–water partition coefficient (Wildman–Crippen LogP) is 1.58. The summed E-state index contributed by atoms with van der Waals surface area (Å²) < 4.78 is 64.9. The SMILES string of the molecule is O=S(=O)(NC1CCC2OCCOC2C1)c1cc(F)ccc1F. The highest BCUT2D eigenvalue weighted by Gasteiger charge is 2.36. The smallest absolute Gasteiger partial charge is 0.243 e. The first-order valence-electron chi connectivity index (χ1n) is 7.16. The molecule has 0 aromatic heterocycles. The van der Waals surface area contributed by atoms with Gasteiger partial charge in [0, 0.05) is 6.04 Å². The predicted molar refractivity (Wildman–Crippen MR) is 73.8 cm³/mol. The average molecular weight is 333 g/mol. The molecule has 5 nitrogen and oxygen atoms in total. The summed E-state index contributed by atoms with van der Waals surface area (Å²) >= 11 is 0. The Kier molecular flexibility index (Phi) is 4.44. The molecule has 8 heteroatoms. The lowest BCUT2D eigenvalue weighted by molar-refractivity contribution is -0.156. The molecule has 0 bridgehead atoms. The summed E-state index contributed by atoms with van der Waals surface area (Å²) in [5.74, 6) is -1.77. The second-order valence-corrected chi connectivity index (χ2v) is 7.21. The van der Waals surface area contributed by atoms with E-state index in [4.69, 9.17) is 9.47 Å². The maximum Gasteiger partial charge on any atom is 0.243 e. The third kappa shape index (κ3) is 3.29. The van der Waals surface area contributed by atoms with Crippen molar-refractivity contribution in [3.8, 4) is 0 Å². The highest BCUT2D eigenvalue weighted by Crippen LogP contribution is 2.28. The van der Waals surface area contributed by atoms with Gasteiger partial charge < -0.3 is 9.47 Å². The first-order chi connectivity index (χ1) is 10.5. The minimum absolute atomic E-state index is 0.0135. The summed E-state index contributed by atoms with van der Waals surface area (Å²) in [5.41, 5.74) is 0. The van der Waals surface area contributed by atoms with Crippen LogP contribution in [-0.2, 0) is 19.5 Å². The fourth-order valence-corrected chi connectivity index (χ4v) is 4.31. The second-order valence-electron chi connectivity index (χ2n) is 5.52. The van der Waals surface area contributed by atoms with E-state index in [0.29, 0.717) is 38.5 Å². The van der Waals surface area contributed by atoms with Crippen molar-refractivity contribution in [3.63, 3.8) is 0 Å². The Hall–Kier alpha value is -1.09. The molecule has 1 aliphatic heterocycles. The highest BCUT2D eigenvalue weighted by atomic mass is 32.2. The van der Waals surface area contributed by atoms with Crippen LogP contribution in [0, 0.1) is 11.6 Å². The Morgan fingerprint density at radius 2 is 1.82 bits per heavy atom. The molecule has 1 aliphatic carbocycles. The number of halogens is 2. The number of sulfonamides is 1. The molecular formula is C14H17F2NO4S. The van der Waals surface area contributed by atoms with Crippen molar-refractivity contribution in [1.29, 1.82) is 0 Å². The number of nitrogens with one attached hydrogen (secondary N) is 1. The van der Waals surface area contributed by atoms with Crippen LogP contribution in [0.1, 0.15) is 19.3 Å². The van der Waals surface area contributed by atoms with Gasteiger partial charge in [-0.25, -0.2) is 21.9 Å². The van der Waals surface area contributed by atoms with Gasteiger partial charge in [-0.1, -0.05) is 0 Å². The molecule has 0 spiro atoms. The summed E-state index contributed by atoms with van der Waals surface area (Å²) in [7, 11) is -4.11. The van der Waals surface area contributed by atoms with Crippen molar-refractivity contribution in [2.45, 2.75) is 42.4 Å². The van der Waals surface area contributed by atoms with Crippen molar-refractivity contribution in [3.05, 3.63) is 29.8 Å². The molecule has 22 heavy (non-hydrogen) atoms. The Balaban J connectivity index is 1.73. The lowest BCUT2D eigenvalue weighted by Gasteiger charge is -2.38. The van der Waals surface area contributed by atoms with Crippen molar-refractivity contribution in [2.75, 3.05) is 13.2 Å². The molecule has 3 unspecified atom stereocenters. The molecule has 3 atom stereocenters. The number of fused-ring (bicyclic) bond motifs is 1. The molecule has 1 heterocycles. The van der Waals surface area contributed by atoms with Crippen LogP contribution in [0.4, 0.5) is 8.78 Å². The first-order valence-corrected chi connectivity index (χ1v) is 8.64. The Morgan fingerprint density at radius 3 is 2.59 bits per heavy atom. The largest absolute Gasteiger partial charge is 0.373 e. The quantitative estimate of drug-likeness (QED) is 0.912. The van der Waals surface area contributed by atoms with Crippen molar-refractivity contribution in [2.24, 2.45) is 0 Å². The third-order valence-electron chi connectivity index (χ3n) is 3.98. The Morgan fingerprint density at radius 1 is 1.09 bits per heavy atom. The number of rotatable bonds is 3. The van der Waals surface area contributed by atoms with Gasteiger partial charge in [-0.05, 0) is 37.5 Å². The van der Waals surface area contributed by atoms with Crippen molar-refractivity contribution >= 4 is 10.0 Å². The van der Waals surface area contributed by atoms with Gasteiger partial charge in [0.15, 0.2) is 0 Å². The van der Waals surface area contributed by atoms with E-state index in [-0.39, 0.29) is 18.2 Å². The van der Waals surface area contributed by atoms with E-state index >= 15 is 0 Å². The summed E-state index contributed by atoms with van der Waals surface area (Å²) in [6.07, 6.45) is 1.53. The monoisotopic (exact) mass is 333 g/mol. The number of benzene rings is 1. The average Bonchev–Trinajstić information content (AvgIpc) is 2.49. The lowest BCUT2D eigenvalue weighted by atomic mass is 9.90. The maximum atomic E-state index is 13.7. The zero-order valence-electron chi connectivity index (χ0n) is 11.8. The van der Waals surface area contributed by atoms with Crippen LogP contribution in [0.3, 0.4) is 0 Å². The van der Waals surface area contributed by atoms with Crippen LogP contribution < -0.4 is 4.72 Å². The third-order valence-corrected chi connectivity index (χ3v) is 5.52. The van der Waals surface area contributed by atoms with Gasteiger partial charge in [0.25, 0.3) is 0 Å². The number of hydrogen-bond donors (Lipinski definition) is 1. The topological polar surface area (TPSA) is 64.6 Å². The van der Waals surface area contributed by atoms with E-state index in [2.05, 4.69) is 4.72 Å². The molecule has 1 aromatic carbocycles. The van der Waals surface area contributed by atoms with E-state index in [9.17, 15) is 17.2 Å². The molecule has 1 saturated carbocycles. The summed E-state index contributed by atoms with van der Waals surface area (Å²) in [6.45, 7) is 1.03. The van der Waals surface area contributed by atoms with Crippen LogP contribution in [0.15, 0.2) is 23.1 Å². The van der Waals surface area contributed by atoms with E-state index < -0.39 is 26.6 Å². The summed E-state index contributed by atoms with van der Waals surface area (Å²) in [4.78, 5) is -0.671. The Labute approximate surface area is 127 Å². The molecular weight excluding hydrogens is 316 g/mol. The van der Waals surface area contributed by atoms with Crippen molar-refractivity contribution < 1.29 is 26.7 Å². The van der Waals surface area contributed by atoms with Gasteiger partial charge in [-0.3, -0.25) is 0 Å². The number of hydrogen-bond acceptors (Lipinski definition) is 4. The fraction of sp³-hybridized carbons (Fsp3) is 0.571. The zero-order chi connectivity index (χ0) is 15.7. The molecule has 2 aliphatic rings. The molecule has 0 amide bonds. The van der Waals surface area contributed by atoms with E-state index in [1.807, 2.05) is 0 Å². The minimum Gasteiger partial charge on any atom is -0.373 e. The van der Waals surface area contributed by atoms with E-state index in [0.717, 1.165) is 12.1 Å². The molecule has 1 aromatic rings. The van der Waals surface area contributed by atoms with Crippen LogP contribution in [-0.4, -0.2) is 39.9 Å². The van der Waals surface area contributed by atoms with E-state index in [1.165, 1.54) is 0 Å². The summed E-state index contributed by atoms with van der Waals surface area (Å²) in [6, 6.07) is 1.99. The second kappa shape index (κ2) is 6.19. The van der Waals surface area contributed by atoms with Crippen LogP contribution in [0.2, 0.25) is 0 Å². The van der Waals surface area contributed by atoms with Gasteiger partial charge in [-0.2, -0.15) is 0 Å². The maximum absolute atomic E-state index is 13.7. The summed E-state index contributed by atoms with van der Waals surface area (Å²) in [5, 5.41) is 0. The van der Waals surface area contributed by atoms with Crippen LogP contribution >= 0.6 is 0 Å². The first kappa shape index (κ1) is 15.8. The fourth-order valence-electron chi connectivity index (χ4n) is 2.94. The molecule has 2 fully saturated rings. The van der Waals surface area contributed by atoms with Crippen molar-refractivity contribution in [1.82, 2.24) is 4.72 Å².